The van der Waals surface area contributed by atoms with Crippen LogP contribution in [0.2, 0.25) is 0 Å². The number of nitrogens with one attached hydrogen (secondary N) is 1. The minimum Gasteiger partial charge on any atom is -0.497 e. The van der Waals surface area contributed by atoms with E-state index in [2.05, 4.69) is 49.2 Å². The molecule has 1 amide bonds. The highest BCUT2D eigenvalue weighted by Crippen LogP contribution is 2.44. The quantitative estimate of drug-likeness (QED) is 0.471. The molecule has 5 heteroatoms. The predicted molar refractivity (Wildman–Crippen MR) is 133 cm³/mol. The van der Waals surface area contributed by atoms with Gasteiger partial charge in [0, 0.05) is 16.0 Å². The van der Waals surface area contributed by atoms with Gasteiger partial charge in [0.1, 0.15) is 10.8 Å². The Balaban J connectivity index is 1.77. The van der Waals surface area contributed by atoms with E-state index in [1.807, 2.05) is 36.4 Å². The van der Waals surface area contributed by atoms with Crippen LogP contribution in [-0.4, -0.2) is 31.0 Å². The summed E-state index contributed by atoms with van der Waals surface area (Å²) in [4.78, 5) is 16.8. The molecule has 3 aromatic rings. The molecule has 0 bridgehead atoms. The zero-order valence-corrected chi connectivity index (χ0v) is 20.2. The van der Waals surface area contributed by atoms with Crippen molar-refractivity contribution < 1.29 is 9.53 Å². The zero-order valence-electron chi connectivity index (χ0n) is 19.4. The molecule has 1 aliphatic heterocycles. The van der Waals surface area contributed by atoms with E-state index in [-0.39, 0.29) is 11.9 Å². The maximum absolute atomic E-state index is 13.0. The summed E-state index contributed by atoms with van der Waals surface area (Å²) in [5, 5.41) is 4.18. The zero-order chi connectivity index (χ0) is 22.7. The Morgan fingerprint density at radius 1 is 1.09 bits per heavy atom. The van der Waals surface area contributed by atoms with Crippen LogP contribution in [0.25, 0.3) is 0 Å². The number of hydrogen-bond acceptors (Lipinski definition) is 4. The molecule has 4 nitrogen and oxygen atoms in total. The summed E-state index contributed by atoms with van der Waals surface area (Å²) < 4.78 is 5.55. The average molecular weight is 449 g/mol. The maximum atomic E-state index is 13.0. The monoisotopic (exact) mass is 448 g/mol. The number of methoxy groups -OCH3 is 1. The summed E-state index contributed by atoms with van der Waals surface area (Å²) in [6.45, 7) is 8.75. The molecule has 2 aromatic carbocycles. The number of nitrogens with zero attached hydrogens (tertiary/aromatic N) is 1. The molecule has 1 fully saturated rings. The summed E-state index contributed by atoms with van der Waals surface area (Å²) in [5.74, 6) is 1.54. The number of likely N-dealkylation sites (tertiary alicyclic amines) is 1. The van der Waals surface area contributed by atoms with E-state index in [1.165, 1.54) is 34.4 Å². The second-order valence-electron chi connectivity index (χ2n) is 8.74. The molecule has 2 heterocycles. The van der Waals surface area contributed by atoms with Crippen molar-refractivity contribution in [3.8, 4) is 5.75 Å². The van der Waals surface area contributed by atoms with E-state index in [9.17, 15) is 4.79 Å². The van der Waals surface area contributed by atoms with Gasteiger partial charge < -0.3 is 10.1 Å². The van der Waals surface area contributed by atoms with E-state index in [1.54, 1.807) is 18.4 Å². The lowest BCUT2D eigenvalue weighted by Crippen LogP contribution is -2.37. The predicted octanol–water partition coefficient (Wildman–Crippen LogP) is 6.45. The summed E-state index contributed by atoms with van der Waals surface area (Å²) in [6.07, 6.45) is 2.38. The van der Waals surface area contributed by atoms with Crippen LogP contribution >= 0.6 is 11.3 Å². The van der Waals surface area contributed by atoms with Crippen LogP contribution in [0.1, 0.15) is 57.7 Å². The van der Waals surface area contributed by atoms with Gasteiger partial charge in [-0.3, -0.25) is 9.69 Å². The number of benzene rings is 2. The number of hydrogen-bond donors (Lipinski definition) is 1. The summed E-state index contributed by atoms with van der Waals surface area (Å²) in [5.41, 5.74) is 4.34. The van der Waals surface area contributed by atoms with E-state index in [0.717, 1.165) is 29.8 Å². The Hall–Kier alpha value is -2.63. The third kappa shape index (κ3) is 4.74. The Kier molecular flexibility index (Phi) is 6.97. The summed E-state index contributed by atoms with van der Waals surface area (Å²) in [6, 6.07) is 17.9. The third-order valence-corrected chi connectivity index (χ3v) is 7.70. The Morgan fingerprint density at radius 2 is 1.81 bits per heavy atom. The van der Waals surface area contributed by atoms with Crippen molar-refractivity contribution in [3.05, 3.63) is 81.7 Å². The lowest BCUT2D eigenvalue weighted by Gasteiger charge is -2.38. The number of piperidine rings is 1. The highest BCUT2D eigenvalue weighted by atomic mass is 32.1. The van der Waals surface area contributed by atoms with Gasteiger partial charge in [-0.25, -0.2) is 0 Å². The number of ether oxygens (including phenoxy) is 1. The average Bonchev–Trinajstić information content (AvgIpc) is 3.09. The van der Waals surface area contributed by atoms with Crippen molar-refractivity contribution in [1.82, 2.24) is 4.90 Å². The van der Waals surface area contributed by atoms with Crippen LogP contribution in [0.5, 0.6) is 5.75 Å². The van der Waals surface area contributed by atoms with Crippen LogP contribution in [0, 0.1) is 19.8 Å². The Morgan fingerprint density at radius 3 is 2.50 bits per heavy atom. The minimum absolute atomic E-state index is 0.0650. The van der Waals surface area contributed by atoms with Gasteiger partial charge in [-0.05, 0) is 81.1 Å². The number of amides is 1. The topological polar surface area (TPSA) is 41.6 Å². The lowest BCUT2D eigenvalue weighted by atomic mass is 9.91. The van der Waals surface area contributed by atoms with Crippen molar-refractivity contribution in [2.75, 3.05) is 25.5 Å². The highest BCUT2D eigenvalue weighted by molar-refractivity contribution is 7.16. The van der Waals surface area contributed by atoms with Crippen LogP contribution in [0.4, 0.5) is 5.00 Å². The SMILES string of the molecule is COc1cccc(C(c2c(NC(=O)c3ccccc3)sc(C)c2C)N2CCC(C)CC2)c1. The molecule has 1 N–H and O–H groups in total. The molecule has 168 valence electrons. The molecule has 0 saturated carbocycles. The van der Waals surface area contributed by atoms with Crippen molar-refractivity contribution in [3.63, 3.8) is 0 Å². The number of carbonyl (C=O) groups is 1. The molecule has 1 atom stereocenters. The molecule has 0 radical (unpaired) electrons. The molecule has 1 saturated heterocycles. The van der Waals surface area contributed by atoms with Crippen molar-refractivity contribution >= 4 is 22.2 Å². The number of rotatable bonds is 6. The van der Waals surface area contributed by atoms with Gasteiger partial charge in [0.15, 0.2) is 0 Å². The van der Waals surface area contributed by atoms with Crippen LogP contribution in [0.15, 0.2) is 54.6 Å². The van der Waals surface area contributed by atoms with Gasteiger partial charge in [-0.1, -0.05) is 37.3 Å². The molecule has 1 aliphatic rings. The van der Waals surface area contributed by atoms with Crippen molar-refractivity contribution in [2.24, 2.45) is 5.92 Å². The van der Waals surface area contributed by atoms with E-state index >= 15 is 0 Å². The fourth-order valence-electron chi connectivity index (χ4n) is 4.49. The molecule has 1 aromatic heterocycles. The van der Waals surface area contributed by atoms with Gasteiger partial charge in [0.25, 0.3) is 5.91 Å². The lowest BCUT2D eigenvalue weighted by molar-refractivity contribution is 0.102. The van der Waals surface area contributed by atoms with E-state index in [4.69, 9.17) is 4.74 Å². The normalized spacial score (nSPS) is 16.0. The van der Waals surface area contributed by atoms with E-state index < -0.39 is 0 Å². The molecule has 0 spiro atoms. The number of anilines is 1. The first kappa shape index (κ1) is 22.6. The first-order valence-corrected chi connectivity index (χ1v) is 12.1. The Bertz CT molecular complexity index is 1070. The molecule has 4 rings (SSSR count). The van der Waals surface area contributed by atoms with Crippen LogP contribution in [-0.2, 0) is 0 Å². The molecule has 0 aliphatic carbocycles. The van der Waals surface area contributed by atoms with Crippen LogP contribution < -0.4 is 10.1 Å². The fourth-order valence-corrected chi connectivity index (χ4v) is 5.58. The summed E-state index contributed by atoms with van der Waals surface area (Å²) >= 11 is 1.67. The number of thiophene rings is 1. The maximum Gasteiger partial charge on any atom is 0.256 e. The third-order valence-electron chi connectivity index (χ3n) is 6.56. The van der Waals surface area contributed by atoms with Gasteiger partial charge in [-0.15, -0.1) is 11.3 Å². The second-order valence-corrected chi connectivity index (χ2v) is 9.97. The molecule has 32 heavy (non-hydrogen) atoms. The van der Waals surface area contributed by atoms with Crippen molar-refractivity contribution in [2.45, 2.75) is 39.7 Å². The first-order valence-electron chi connectivity index (χ1n) is 11.3. The number of carbonyl (C=O) groups excluding carboxylic acids is 1. The standard InChI is InChI=1S/C27H32N2O2S/c1-18-13-15-29(16-14-18)25(22-11-8-12-23(17-22)31-4)24-19(2)20(3)32-27(24)28-26(30)21-9-6-5-7-10-21/h5-12,17-18,25H,13-16H2,1-4H3,(H,28,30). The van der Waals surface area contributed by atoms with Gasteiger partial charge in [-0.2, -0.15) is 0 Å². The molecular weight excluding hydrogens is 416 g/mol. The highest BCUT2D eigenvalue weighted by Gasteiger charge is 2.31. The largest absolute Gasteiger partial charge is 0.497 e. The molecular formula is C27H32N2O2S. The van der Waals surface area contributed by atoms with E-state index in [0.29, 0.717) is 5.56 Å². The fraction of sp³-hybridized carbons (Fsp3) is 0.370. The van der Waals surface area contributed by atoms with Gasteiger partial charge in [0.2, 0.25) is 0 Å². The first-order chi connectivity index (χ1) is 15.5. The van der Waals surface area contributed by atoms with Crippen molar-refractivity contribution in [1.29, 1.82) is 0 Å². The minimum atomic E-state index is -0.0650. The van der Waals surface area contributed by atoms with Gasteiger partial charge >= 0.3 is 0 Å². The smallest absolute Gasteiger partial charge is 0.256 e. The number of aryl methyl sites for hydroxylation is 1. The van der Waals surface area contributed by atoms with Gasteiger partial charge in [0.05, 0.1) is 13.2 Å². The van der Waals surface area contributed by atoms with Crippen LogP contribution in [0.3, 0.4) is 0 Å². The molecule has 1 unspecified atom stereocenters. The second kappa shape index (κ2) is 9.88. The Labute approximate surface area is 195 Å². The summed E-state index contributed by atoms with van der Waals surface area (Å²) in [7, 11) is 1.71.